The number of fused-ring (bicyclic) bond motifs is 3. The Labute approximate surface area is 327 Å². The summed E-state index contributed by atoms with van der Waals surface area (Å²) >= 11 is -0.826. The maximum atomic E-state index is 4.93. The number of rotatable bonds is 9. The van der Waals surface area contributed by atoms with Gasteiger partial charge >= 0.3 is 37.9 Å². The van der Waals surface area contributed by atoms with Gasteiger partial charge in [0.1, 0.15) is 0 Å². The van der Waals surface area contributed by atoms with Gasteiger partial charge in [0.05, 0.1) is 16.6 Å². The van der Waals surface area contributed by atoms with E-state index in [0.29, 0.717) is 0 Å². The predicted octanol–water partition coefficient (Wildman–Crippen LogP) is 12.1. The van der Waals surface area contributed by atoms with E-state index < -0.39 is 37.5 Å². The molecule has 4 aromatic carbocycles. The second kappa shape index (κ2) is 19.4. The molecule has 4 saturated carbocycles. The van der Waals surface area contributed by atoms with Crippen LogP contribution in [-0.4, -0.2) is 16.6 Å². The zero-order chi connectivity index (χ0) is 32.9. The fourth-order valence-electron chi connectivity index (χ4n) is 11.9. The van der Waals surface area contributed by atoms with Gasteiger partial charge in [0, 0.05) is 0 Å². The molecule has 50 heavy (non-hydrogen) atoms. The van der Waals surface area contributed by atoms with Crippen molar-refractivity contribution < 1.29 is 20.8 Å². The zero-order valence-corrected chi connectivity index (χ0v) is 37.1. The first-order chi connectivity index (χ1) is 23.7. The van der Waals surface area contributed by atoms with Crippen LogP contribution in [0.25, 0.3) is 10.8 Å². The molecule has 0 bridgehead atoms. The minimum atomic E-state index is -1.26. The van der Waals surface area contributed by atoms with Crippen molar-refractivity contribution in [1.29, 1.82) is 0 Å². The van der Waals surface area contributed by atoms with Crippen LogP contribution in [0.3, 0.4) is 0 Å². The molecule has 0 aliphatic heterocycles. The van der Waals surface area contributed by atoms with Crippen LogP contribution in [0.4, 0.5) is 0 Å². The number of unbranched alkanes of at least 4 members (excludes halogenated alkanes) is 1. The Morgan fingerprint density at radius 3 is 2.02 bits per heavy atom. The van der Waals surface area contributed by atoms with Gasteiger partial charge in [0.2, 0.25) is 0 Å². The Morgan fingerprint density at radius 1 is 0.640 bits per heavy atom. The van der Waals surface area contributed by atoms with E-state index in [2.05, 4.69) is 110 Å². The van der Waals surface area contributed by atoms with Gasteiger partial charge in [-0.05, 0) is 82.2 Å². The number of hydrogen-bond acceptors (Lipinski definition) is 0. The molecule has 10 unspecified atom stereocenters. The van der Waals surface area contributed by atoms with Gasteiger partial charge < -0.3 is 14.9 Å². The quantitative estimate of drug-likeness (QED) is 0.117. The van der Waals surface area contributed by atoms with Crippen LogP contribution in [-0.2, 0) is 20.8 Å². The molecule has 0 aromatic heterocycles. The molecule has 4 fully saturated rings. The summed E-state index contributed by atoms with van der Waals surface area (Å²) in [4.78, 5) is 0. The molecule has 0 heterocycles. The molecule has 0 amide bonds. The van der Waals surface area contributed by atoms with Gasteiger partial charge in [-0.15, -0.1) is 0 Å². The van der Waals surface area contributed by atoms with Crippen LogP contribution in [0.2, 0.25) is 11.1 Å². The van der Waals surface area contributed by atoms with Crippen molar-refractivity contribution in [2.45, 2.75) is 101 Å². The molecule has 4 aliphatic rings. The van der Waals surface area contributed by atoms with Crippen molar-refractivity contribution in [1.82, 2.24) is 0 Å². The van der Waals surface area contributed by atoms with Crippen LogP contribution < -0.4 is 10.4 Å². The van der Waals surface area contributed by atoms with Gasteiger partial charge in [0.15, 0.2) is 0 Å². The summed E-state index contributed by atoms with van der Waals surface area (Å²) in [7, 11) is 7.41. The molecule has 266 valence electrons. The van der Waals surface area contributed by atoms with E-state index in [-0.39, 0.29) is 14.9 Å². The summed E-state index contributed by atoms with van der Waals surface area (Å²) in [6.45, 7) is 2.38. The molecule has 0 N–H and O–H groups in total. The normalized spacial score (nSPS) is 29.3. The SMILES string of the molecule is CCCCC1CCC([SiH](c2ccccc2)[SiH](c2ccccc2)C2CCC3C2CC2CCCC2C3c2cccc3ccccc23)C1.[CH3-].[CH3-].[Cl][Zr+2][Cl]. The second-order valence-electron chi connectivity index (χ2n) is 15.8. The van der Waals surface area contributed by atoms with Crippen molar-refractivity contribution in [2.75, 3.05) is 0 Å². The molecular weight excluding hydrogens is 759 g/mol. The van der Waals surface area contributed by atoms with Crippen molar-refractivity contribution >= 4 is 54.8 Å². The third-order valence-electron chi connectivity index (χ3n) is 13.6. The third kappa shape index (κ3) is 8.54. The molecule has 10 atom stereocenters. The zero-order valence-electron chi connectivity index (χ0n) is 30.8. The molecular formula is C45H60Cl2Si2Zr. The van der Waals surface area contributed by atoms with Crippen molar-refractivity contribution in [3.05, 3.63) is 124 Å². The Morgan fingerprint density at radius 2 is 1.30 bits per heavy atom. The standard InChI is InChI=1S/C43H54Si2.2CH3.2ClH.Zr/c1-2-3-14-31-25-26-36(29-31)44(34-18-6-4-7-19-34)45(35-20-8-5-9-21-35)42-28-27-40-41(42)30-33-17-13-23-38(33)43(40)39-24-12-16-32-15-10-11-22-37(32)39;;;;;/h4-12,15-16,18-22,24,31,33,36,38,40-45H,2-3,13-14,17,23,25-30H2,1H3;2*1H3;2*1H;/q;2*-1;;;+4/p-2. The Bertz CT molecular complexity index is 1580. The number of hydrogen-bond donors (Lipinski definition) is 0. The van der Waals surface area contributed by atoms with Crippen molar-refractivity contribution in [3.63, 3.8) is 0 Å². The molecule has 5 heteroatoms. The first-order valence-electron chi connectivity index (χ1n) is 19.3. The van der Waals surface area contributed by atoms with E-state index in [0.717, 1.165) is 46.6 Å². The van der Waals surface area contributed by atoms with Gasteiger partial charge in [0.25, 0.3) is 0 Å². The summed E-state index contributed by atoms with van der Waals surface area (Å²) in [5, 5.41) is 6.66. The van der Waals surface area contributed by atoms with Crippen molar-refractivity contribution in [3.8, 4) is 0 Å². The molecule has 0 saturated heterocycles. The summed E-state index contributed by atoms with van der Waals surface area (Å²) in [5.74, 6) is 5.41. The summed E-state index contributed by atoms with van der Waals surface area (Å²) in [5.41, 5.74) is 3.69. The summed E-state index contributed by atoms with van der Waals surface area (Å²) < 4.78 is 0. The maximum absolute atomic E-state index is 4.93. The average molecular weight is 819 g/mol. The van der Waals surface area contributed by atoms with E-state index in [1.165, 1.54) is 82.4 Å². The molecule has 4 aliphatic carbocycles. The van der Waals surface area contributed by atoms with Gasteiger partial charge in [-0.25, -0.2) is 0 Å². The third-order valence-corrected chi connectivity index (χ3v) is 27.8. The van der Waals surface area contributed by atoms with Gasteiger partial charge in [-0.2, -0.15) is 0 Å². The van der Waals surface area contributed by atoms with E-state index in [1.54, 1.807) is 10.9 Å². The Balaban J connectivity index is 0.000000940. The van der Waals surface area contributed by atoms with E-state index in [9.17, 15) is 0 Å². The Kier molecular flexibility index (Phi) is 15.6. The van der Waals surface area contributed by atoms with Gasteiger partial charge in [-0.3, -0.25) is 0 Å². The molecule has 0 radical (unpaired) electrons. The molecule has 8 rings (SSSR count). The Hall–Kier alpha value is -0.963. The topological polar surface area (TPSA) is 0 Å². The van der Waals surface area contributed by atoms with Crippen LogP contribution in [0.5, 0.6) is 0 Å². The first kappa shape index (κ1) is 40.2. The van der Waals surface area contributed by atoms with Crippen molar-refractivity contribution in [2.24, 2.45) is 29.6 Å². The van der Waals surface area contributed by atoms with E-state index in [4.69, 9.17) is 17.0 Å². The first-order valence-corrected chi connectivity index (χ1v) is 30.7. The number of benzene rings is 4. The van der Waals surface area contributed by atoms with Gasteiger partial charge in [-0.1, -0.05) is 178 Å². The monoisotopic (exact) mass is 816 g/mol. The summed E-state index contributed by atoms with van der Waals surface area (Å²) in [6, 6.07) is 41.1. The predicted molar refractivity (Wildman–Crippen MR) is 224 cm³/mol. The van der Waals surface area contributed by atoms with Crippen LogP contribution >= 0.6 is 17.0 Å². The second-order valence-corrected chi connectivity index (χ2v) is 29.1. The minimum absolute atomic E-state index is 0. The molecule has 0 nitrogen and oxygen atoms in total. The van der Waals surface area contributed by atoms with Crippen LogP contribution in [0.15, 0.2) is 103 Å². The average Bonchev–Trinajstić information content (AvgIpc) is 3.90. The fourth-order valence-corrected chi connectivity index (χ4v) is 28.6. The summed E-state index contributed by atoms with van der Waals surface area (Å²) in [6.07, 6.45) is 17.7. The van der Waals surface area contributed by atoms with E-state index >= 15 is 0 Å². The number of halogens is 2. The molecule has 4 aromatic rings. The van der Waals surface area contributed by atoms with Crippen LogP contribution in [0.1, 0.15) is 95.5 Å². The van der Waals surface area contributed by atoms with Crippen LogP contribution in [0, 0.1) is 44.4 Å². The van der Waals surface area contributed by atoms with E-state index in [1.807, 2.05) is 10.4 Å². The fraction of sp³-hybridized carbons (Fsp3) is 0.467. The molecule has 0 spiro atoms.